The van der Waals surface area contributed by atoms with E-state index in [9.17, 15) is 9.59 Å². The fraction of sp³-hybridized carbons (Fsp3) is 0.500. The molecule has 1 aromatic rings. The predicted octanol–water partition coefficient (Wildman–Crippen LogP) is 3.16. The monoisotopic (exact) mass is 405 g/mol. The van der Waals surface area contributed by atoms with Crippen LogP contribution in [0.15, 0.2) is 44.0 Å². The van der Waals surface area contributed by atoms with Gasteiger partial charge in [0.05, 0.1) is 17.8 Å². The maximum absolute atomic E-state index is 13.0. The van der Waals surface area contributed by atoms with Crippen molar-refractivity contribution in [3.63, 3.8) is 0 Å². The third-order valence-electron chi connectivity index (χ3n) is 4.33. The van der Waals surface area contributed by atoms with E-state index < -0.39 is 17.2 Å². The Morgan fingerprint density at radius 3 is 2.96 bits per heavy atom. The molecule has 28 heavy (non-hydrogen) atoms. The molecule has 7 nitrogen and oxygen atoms in total. The van der Waals surface area contributed by atoms with Gasteiger partial charge in [0.2, 0.25) is 5.91 Å². The van der Waals surface area contributed by atoms with Gasteiger partial charge in [0, 0.05) is 18.9 Å². The van der Waals surface area contributed by atoms with Crippen molar-refractivity contribution in [3.05, 3.63) is 41.0 Å². The minimum absolute atomic E-state index is 0.211. The average Bonchev–Trinajstić information content (AvgIpc) is 3.08. The van der Waals surface area contributed by atoms with Gasteiger partial charge in [-0.15, -0.1) is 11.8 Å². The number of ether oxygens (including phenoxy) is 1. The SMILES string of the molecule is C=CCOc1cc([C@@H](CCC)NC(=O)[C@]2(C)CSC(C(C)=NC)=N2)oc(=O)c1. The summed E-state index contributed by atoms with van der Waals surface area (Å²) in [6.45, 7) is 9.54. The Kier molecular flexibility index (Phi) is 7.62. The predicted molar refractivity (Wildman–Crippen MR) is 114 cm³/mol. The molecule has 2 heterocycles. The second-order valence-corrected chi connectivity index (χ2v) is 7.68. The maximum atomic E-state index is 13.0. The van der Waals surface area contributed by atoms with Crippen molar-refractivity contribution in [1.82, 2.24) is 5.32 Å². The zero-order chi connectivity index (χ0) is 20.7. The number of thioether (sulfide) groups is 1. The van der Waals surface area contributed by atoms with Crippen molar-refractivity contribution in [2.75, 3.05) is 19.4 Å². The van der Waals surface area contributed by atoms with Crippen LogP contribution in [0.1, 0.15) is 45.4 Å². The van der Waals surface area contributed by atoms with Crippen molar-refractivity contribution in [2.45, 2.75) is 45.2 Å². The van der Waals surface area contributed by atoms with E-state index in [0.29, 0.717) is 23.7 Å². The summed E-state index contributed by atoms with van der Waals surface area (Å²) in [7, 11) is 1.70. The molecular formula is C20H27N3O4S. The van der Waals surface area contributed by atoms with Crippen LogP contribution in [0.4, 0.5) is 0 Å². The highest BCUT2D eigenvalue weighted by molar-refractivity contribution is 8.16. The number of nitrogens with one attached hydrogen (secondary N) is 1. The lowest BCUT2D eigenvalue weighted by atomic mass is 10.0. The summed E-state index contributed by atoms with van der Waals surface area (Å²) < 4.78 is 10.8. The smallest absolute Gasteiger partial charge is 0.339 e. The van der Waals surface area contributed by atoms with Gasteiger partial charge in [0.1, 0.15) is 28.7 Å². The highest BCUT2D eigenvalue weighted by atomic mass is 32.2. The first-order valence-corrected chi connectivity index (χ1v) is 10.2. The fourth-order valence-corrected chi connectivity index (χ4v) is 3.85. The highest BCUT2D eigenvalue weighted by Crippen LogP contribution is 2.30. The van der Waals surface area contributed by atoms with E-state index in [4.69, 9.17) is 9.15 Å². The Morgan fingerprint density at radius 2 is 2.32 bits per heavy atom. The third kappa shape index (κ3) is 5.34. The summed E-state index contributed by atoms with van der Waals surface area (Å²) in [5, 5.41) is 3.77. The summed E-state index contributed by atoms with van der Waals surface area (Å²) in [5.74, 6) is 1.08. The van der Waals surface area contributed by atoms with Crippen LogP contribution in [0.3, 0.4) is 0 Å². The van der Waals surface area contributed by atoms with Crippen molar-refractivity contribution in [3.8, 4) is 5.75 Å². The first-order chi connectivity index (χ1) is 13.3. The van der Waals surface area contributed by atoms with Crippen molar-refractivity contribution >= 4 is 28.4 Å². The number of nitrogens with zero attached hydrogens (tertiary/aromatic N) is 2. The van der Waals surface area contributed by atoms with Gasteiger partial charge < -0.3 is 14.5 Å². The molecule has 0 saturated heterocycles. The standard InChI is InChI=1S/C20H27N3O4S/c1-6-8-15(16-10-14(26-9-7-2)11-17(24)27-16)22-19(25)20(4)12-28-18(23-20)13(3)21-5/h7,10-11,15H,2,6,8-9,12H2,1,3-5H3,(H,22,25)/t15-,20+/m1/s1. The summed E-state index contributed by atoms with van der Waals surface area (Å²) in [5.41, 5.74) is -0.607. The van der Waals surface area contributed by atoms with E-state index in [1.165, 1.54) is 17.8 Å². The molecule has 152 valence electrons. The van der Waals surface area contributed by atoms with Crippen LogP contribution in [-0.4, -0.2) is 41.6 Å². The number of carbonyl (C=O) groups excluding carboxylic acids is 1. The van der Waals surface area contributed by atoms with Crippen molar-refractivity contribution < 1.29 is 13.9 Å². The van der Waals surface area contributed by atoms with E-state index in [2.05, 4.69) is 21.9 Å². The molecule has 0 spiro atoms. The number of amides is 1. The molecule has 0 bridgehead atoms. The Balaban J connectivity index is 2.24. The lowest BCUT2D eigenvalue weighted by Crippen LogP contribution is -2.45. The second-order valence-electron chi connectivity index (χ2n) is 6.72. The molecule has 8 heteroatoms. The van der Waals surface area contributed by atoms with Gasteiger partial charge in [-0.25, -0.2) is 4.79 Å². The summed E-state index contributed by atoms with van der Waals surface area (Å²) in [6.07, 6.45) is 3.01. The second kappa shape index (κ2) is 9.73. The van der Waals surface area contributed by atoms with E-state index in [0.717, 1.165) is 17.2 Å². The summed E-state index contributed by atoms with van der Waals surface area (Å²) in [6, 6.07) is 2.47. The molecule has 1 aromatic heterocycles. The molecule has 0 aromatic carbocycles. The molecule has 0 saturated carbocycles. The Hall–Kier alpha value is -2.35. The van der Waals surface area contributed by atoms with Crippen molar-refractivity contribution in [2.24, 2.45) is 9.98 Å². The van der Waals surface area contributed by atoms with Crippen LogP contribution in [0.5, 0.6) is 5.75 Å². The van der Waals surface area contributed by atoms with E-state index in [-0.39, 0.29) is 12.5 Å². The molecule has 0 unspecified atom stereocenters. The zero-order valence-electron chi connectivity index (χ0n) is 16.8. The van der Waals surface area contributed by atoms with Gasteiger partial charge in [0.15, 0.2) is 0 Å². The summed E-state index contributed by atoms with van der Waals surface area (Å²) in [4.78, 5) is 33.6. The van der Waals surface area contributed by atoms with Crippen LogP contribution < -0.4 is 15.7 Å². The van der Waals surface area contributed by atoms with Gasteiger partial charge in [-0.1, -0.05) is 26.0 Å². The number of carbonyl (C=O) groups is 1. The van der Waals surface area contributed by atoms with E-state index >= 15 is 0 Å². The molecule has 2 atom stereocenters. The van der Waals surface area contributed by atoms with Gasteiger partial charge in [-0.05, 0) is 20.3 Å². The maximum Gasteiger partial charge on any atom is 0.339 e. The molecule has 0 fully saturated rings. The number of aliphatic imine (C=N–C) groups is 2. The van der Waals surface area contributed by atoms with Crippen LogP contribution in [0, 0.1) is 0 Å². The zero-order valence-corrected chi connectivity index (χ0v) is 17.6. The molecule has 1 N–H and O–H groups in total. The molecule has 2 rings (SSSR count). The highest BCUT2D eigenvalue weighted by Gasteiger charge is 2.39. The molecule has 1 aliphatic heterocycles. The normalized spacial score (nSPS) is 20.4. The lowest BCUT2D eigenvalue weighted by molar-refractivity contribution is -0.125. The molecule has 1 amide bonds. The Bertz CT molecular complexity index is 846. The van der Waals surface area contributed by atoms with Crippen LogP contribution in [0.25, 0.3) is 0 Å². The minimum Gasteiger partial charge on any atom is -0.489 e. The molecule has 1 aliphatic rings. The Morgan fingerprint density at radius 1 is 1.57 bits per heavy atom. The van der Waals surface area contributed by atoms with Gasteiger partial charge in [-0.3, -0.25) is 14.8 Å². The Labute approximate surface area is 169 Å². The molecule has 0 radical (unpaired) electrons. The quantitative estimate of drug-likeness (QED) is 0.503. The molecular weight excluding hydrogens is 378 g/mol. The topological polar surface area (TPSA) is 93.3 Å². The van der Waals surface area contributed by atoms with E-state index in [1.54, 1.807) is 26.1 Å². The average molecular weight is 406 g/mol. The third-order valence-corrected chi connectivity index (χ3v) is 5.70. The largest absolute Gasteiger partial charge is 0.489 e. The lowest BCUT2D eigenvalue weighted by Gasteiger charge is -2.24. The molecule has 0 aliphatic carbocycles. The van der Waals surface area contributed by atoms with Gasteiger partial charge in [0.25, 0.3) is 0 Å². The number of hydrogen-bond donors (Lipinski definition) is 1. The van der Waals surface area contributed by atoms with Crippen LogP contribution in [-0.2, 0) is 4.79 Å². The van der Waals surface area contributed by atoms with Crippen LogP contribution >= 0.6 is 11.8 Å². The van der Waals surface area contributed by atoms with Gasteiger partial charge in [-0.2, -0.15) is 0 Å². The van der Waals surface area contributed by atoms with E-state index in [1.807, 2.05) is 13.8 Å². The fourth-order valence-electron chi connectivity index (χ4n) is 2.67. The number of hydrogen-bond acceptors (Lipinski definition) is 7. The van der Waals surface area contributed by atoms with Crippen LogP contribution in [0.2, 0.25) is 0 Å². The van der Waals surface area contributed by atoms with Crippen molar-refractivity contribution in [1.29, 1.82) is 0 Å². The summed E-state index contributed by atoms with van der Waals surface area (Å²) >= 11 is 1.52. The minimum atomic E-state index is -0.894. The first kappa shape index (κ1) is 21.9. The van der Waals surface area contributed by atoms with Gasteiger partial charge >= 0.3 is 5.63 Å². The number of rotatable bonds is 9. The first-order valence-electron chi connectivity index (χ1n) is 9.19.